The Kier molecular flexibility index (Phi) is 6.74. The predicted molar refractivity (Wildman–Crippen MR) is 122 cm³/mol. The first kappa shape index (κ1) is 22.0. The summed E-state index contributed by atoms with van der Waals surface area (Å²) in [7, 11) is 6.08. The van der Waals surface area contributed by atoms with Gasteiger partial charge < -0.3 is 19.6 Å². The molecule has 8 nitrogen and oxygen atoms in total. The van der Waals surface area contributed by atoms with Crippen molar-refractivity contribution in [3.63, 3.8) is 0 Å². The van der Waals surface area contributed by atoms with Crippen LogP contribution in [0.15, 0.2) is 23.6 Å². The van der Waals surface area contributed by atoms with Gasteiger partial charge in [0.15, 0.2) is 5.69 Å². The number of amides is 2. The predicted octanol–water partition coefficient (Wildman–Crippen LogP) is 1.55. The van der Waals surface area contributed by atoms with Crippen LogP contribution in [-0.2, 0) is 11.3 Å². The maximum absolute atomic E-state index is 13.1. The minimum absolute atomic E-state index is 0.0362. The van der Waals surface area contributed by atoms with E-state index in [0.29, 0.717) is 18.8 Å². The van der Waals surface area contributed by atoms with Gasteiger partial charge in [-0.3, -0.25) is 14.3 Å². The Hall–Kier alpha value is -2.23. The molecule has 0 bridgehead atoms. The molecule has 9 heteroatoms. The van der Waals surface area contributed by atoms with Crippen LogP contribution in [0.3, 0.4) is 0 Å². The fourth-order valence-electron chi connectivity index (χ4n) is 4.26. The quantitative estimate of drug-likeness (QED) is 0.700. The van der Waals surface area contributed by atoms with Crippen LogP contribution in [0.1, 0.15) is 23.3 Å². The van der Waals surface area contributed by atoms with Crippen LogP contribution in [0.5, 0.6) is 0 Å². The Morgan fingerprint density at radius 1 is 1.10 bits per heavy atom. The number of aromatic nitrogens is 2. The SMILES string of the molecule is CN1CCC(N(C)C(=O)Cn2nc(C(=O)N3CCN(C)CC3)cc2-c2cccs2)CC1. The van der Waals surface area contributed by atoms with E-state index in [-0.39, 0.29) is 24.4 Å². The fourth-order valence-corrected chi connectivity index (χ4v) is 5.01. The third kappa shape index (κ3) is 4.99. The van der Waals surface area contributed by atoms with Crippen LogP contribution in [0.2, 0.25) is 0 Å². The molecule has 4 heterocycles. The zero-order valence-corrected chi connectivity index (χ0v) is 19.5. The number of carbonyl (C=O) groups is 2. The molecule has 2 aromatic heterocycles. The summed E-state index contributed by atoms with van der Waals surface area (Å²) in [5.41, 5.74) is 1.25. The summed E-state index contributed by atoms with van der Waals surface area (Å²) in [6.07, 6.45) is 1.98. The number of nitrogens with zero attached hydrogens (tertiary/aromatic N) is 6. The van der Waals surface area contributed by atoms with Gasteiger partial charge in [-0.25, -0.2) is 0 Å². The molecule has 4 rings (SSSR count). The summed E-state index contributed by atoms with van der Waals surface area (Å²) in [6.45, 7) is 5.30. The highest BCUT2D eigenvalue weighted by Crippen LogP contribution is 2.26. The number of carbonyl (C=O) groups excluding carboxylic acids is 2. The second-order valence-corrected chi connectivity index (χ2v) is 9.63. The summed E-state index contributed by atoms with van der Waals surface area (Å²) in [4.78, 5) is 35.4. The van der Waals surface area contributed by atoms with Crippen molar-refractivity contribution in [3.05, 3.63) is 29.3 Å². The Bertz CT molecular complexity index is 895. The Labute approximate surface area is 188 Å². The molecule has 168 valence electrons. The summed E-state index contributed by atoms with van der Waals surface area (Å²) in [6, 6.07) is 6.09. The lowest BCUT2D eigenvalue weighted by molar-refractivity contribution is -0.133. The van der Waals surface area contributed by atoms with Gasteiger partial charge in [0, 0.05) is 39.3 Å². The second kappa shape index (κ2) is 9.50. The van der Waals surface area contributed by atoms with E-state index in [1.807, 2.05) is 40.4 Å². The smallest absolute Gasteiger partial charge is 0.274 e. The molecule has 2 aromatic rings. The third-order valence-corrected chi connectivity index (χ3v) is 7.37. The van der Waals surface area contributed by atoms with Gasteiger partial charge in [0.25, 0.3) is 5.91 Å². The highest BCUT2D eigenvalue weighted by atomic mass is 32.1. The number of thiophene rings is 1. The minimum atomic E-state index is -0.0548. The first-order valence-electron chi connectivity index (χ1n) is 11.0. The fraction of sp³-hybridized carbons (Fsp3) is 0.591. The van der Waals surface area contributed by atoms with Gasteiger partial charge in [0.2, 0.25) is 5.91 Å². The van der Waals surface area contributed by atoms with Crippen LogP contribution < -0.4 is 0 Å². The molecule has 0 spiro atoms. The van der Waals surface area contributed by atoms with Gasteiger partial charge in [0.05, 0.1) is 10.6 Å². The van der Waals surface area contributed by atoms with Crippen LogP contribution in [0, 0.1) is 0 Å². The highest BCUT2D eigenvalue weighted by molar-refractivity contribution is 7.13. The number of rotatable bonds is 5. The summed E-state index contributed by atoms with van der Waals surface area (Å²) >= 11 is 1.59. The molecule has 0 N–H and O–H groups in total. The largest absolute Gasteiger partial charge is 0.341 e. The molecular weight excluding hydrogens is 412 g/mol. The van der Waals surface area contributed by atoms with Crippen molar-refractivity contribution in [2.75, 3.05) is 60.4 Å². The van der Waals surface area contributed by atoms with Gasteiger partial charge in [-0.1, -0.05) is 6.07 Å². The lowest BCUT2D eigenvalue weighted by Gasteiger charge is -2.35. The van der Waals surface area contributed by atoms with E-state index in [1.165, 1.54) is 0 Å². The highest BCUT2D eigenvalue weighted by Gasteiger charge is 2.27. The molecule has 2 aliphatic rings. The van der Waals surface area contributed by atoms with Crippen molar-refractivity contribution in [2.24, 2.45) is 0 Å². The standard InChI is InChI=1S/C22H32N6O2S/c1-24-8-6-17(7-9-24)26(3)21(29)16-28-19(20-5-4-14-31-20)15-18(23-28)22(30)27-12-10-25(2)11-13-27/h4-5,14-15,17H,6-13,16H2,1-3H3. The normalized spacial score (nSPS) is 19.0. The molecular formula is C22H32N6O2S. The van der Waals surface area contributed by atoms with Crippen molar-refractivity contribution < 1.29 is 9.59 Å². The Morgan fingerprint density at radius 3 is 2.42 bits per heavy atom. The van der Waals surface area contributed by atoms with Gasteiger partial charge >= 0.3 is 0 Å². The maximum Gasteiger partial charge on any atom is 0.274 e. The van der Waals surface area contributed by atoms with Gasteiger partial charge in [-0.05, 0) is 57.5 Å². The van der Waals surface area contributed by atoms with Gasteiger partial charge in [-0.2, -0.15) is 5.10 Å². The first-order valence-corrected chi connectivity index (χ1v) is 11.8. The van der Waals surface area contributed by atoms with E-state index in [1.54, 1.807) is 16.0 Å². The monoisotopic (exact) mass is 444 g/mol. The van der Waals surface area contributed by atoms with Crippen LogP contribution in [0.4, 0.5) is 0 Å². The summed E-state index contributed by atoms with van der Waals surface area (Å²) in [5.74, 6) is -0.0187. The number of hydrogen-bond acceptors (Lipinski definition) is 6. The summed E-state index contributed by atoms with van der Waals surface area (Å²) in [5, 5.41) is 6.60. The lowest BCUT2D eigenvalue weighted by Crippen LogP contribution is -2.47. The molecule has 2 saturated heterocycles. The second-order valence-electron chi connectivity index (χ2n) is 8.68. The molecule has 2 amide bonds. The van der Waals surface area contributed by atoms with Crippen molar-refractivity contribution in [3.8, 4) is 10.6 Å². The molecule has 0 aliphatic carbocycles. The zero-order valence-electron chi connectivity index (χ0n) is 18.7. The number of likely N-dealkylation sites (tertiary alicyclic amines) is 1. The lowest BCUT2D eigenvalue weighted by atomic mass is 10.0. The maximum atomic E-state index is 13.1. The molecule has 0 saturated carbocycles. The van der Waals surface area contributed by atoms with Crippen molar-refractivity contribution in [2.45, 2.75) is 25.4 Å². The van der Waals surface area contributed by atoms with E-state index >= 15 is 0 Å². The number of likely N-dealkylation sites (N-methyl/N-ethyl adjacent to an activating group) is 2. The van der Waals surface area contributed by atoms with Gasteiger partial charge in [0.1, 0.15) is 6.54 Å². The molecule has 0 radical (unpaired) electrons. The van der Waals surface area contributed by atoms with E-state index < -0.39 is 0 Å². The van der Waals surface area contributed by atoms with Crippen molar-refractivity contribution >= 4 is 23.2 Å². The number of hydrogen-bond donors (Lipinski definition) is 0. The van der Waals surface area contributed by atoms with E-state index in [4.69, 9.17) is 0 Å². The number of piperidine rings is 1. The van der Waals surface area contributed by atoms with Crippen molar-refractivity contribution in [1.82, 2.24) is 29.4 Å². The third-order valence-electron chi connectivity index (χ3n) is 6.48. The van der Waals surface area contributed by atoms with E-state index in [9.17, 15) is 9.59 Å². The van der Waals surface area contributed by atoms with Crippen LogP contribution in [0.25, 0.3) is 10.6 Å². The zero-order chi connectivity index (χ0) is 22.0. The molecule has 2 fully saturated rings. The van der Waals surface area contributed by atoms with E-state index in [0.717, 1.165) is 49.6 Å². The minimum Gasteiger partial charge on any atom is -0.341 e. The molecule has 0 atom stereocenters. The van der Waals surface area contributed by atoms with Crippen LogP contribution >= 0.6 is 11.3 Å². The summed E-state index contributed by atoms with van der Waals surface area (Å²) < 4.78 is 1.71. The topological polar surface area (TPSA) is 64.9 Å². The number of piperazine rings is 1. The molecule has 31 heavy (non-hydrogen) atoms. The van der Waals surface area contributed by atoms with E-state index in [2.05, 4.69) is 29.0 Å². The average Bonchev–Trinajstić information content (AvgIpc) is 3.44. The van der Waals surface area contributed by atoms with Crippen LogP contribution in [-0.4, -0.2) is 108 Å². The average molecular weight is 445 g/mol. The molecule has 0 aromatic carbocycles. The first-order chi connectivity index (χ1) is 14.9. The molecule has 0 unspecified atom stereocenters. The Balaban J connectivity index is 1.52. The Morgan fingerprint density at radius 2 is 1.77 bits per heavy atom. The van der Waals surface area contributed by atoms with Crippen molar-refractivity contribution in [1.29, 1.82) is 0 Å². The molecule has 2 aliphatic heterocycles. The van der Waals surface area contributed by atoms with Gasteiger partial charge in [-0.15, -0.1) is 11.3 Å².